The Morgan fingerprint density at radius 3 is 2.48 bits per heavy atom. The highest BCUT2D eigenvalue weighted by Gasteiger charge is 2.26. The van der Waals surface area contributed by atoms with Gasteiger partial charge in [0.1, 0.15) is 0 Å². The van der Waals surface area contributed by atoms with E-state index < -0.39 is 0 Å². The van der Waals surface area contributed by atoms with Crippen molar-refractivity contribution in [3.63, 3.8) is 0 Å². The smallest absolute Gasteiger partial charge is 0.255 e. The van der Waals surface area contributed by atoms with E-state index in [4.69, 9.17) is 4.74 Å². The third-order valence-electron chi connectivity index (χ3n) is 4.27. The third kappa shape index (κ3) is 3.73. The number of amides is 1. The number of hydrogen-bond acceptors (Lipinski definition) is 4. The zero-order chi connectivity index (χ0) is 15.2. The fraction of sp³-hybridized carbons (Fsp3) is 0.625. The van der Waals surface area contributed by atoms with Gasteiger partial charge < -0.3 is 14.5 Å². The molecule has 21 heavy (non-hydrogen) atoms. The minimum absolute atomic E-state index is 0.0724. The molecular formula is C16H25N3O2. The van der Waals surface area contributed by atoms with Crippen LogP contribution < -0.4 is 4.74 Å². The Kier molecular flexibility index (Phi) is 5.56. The molecule has 1 aliphatic heterocycles. The molecule has 1 aromatic rings. The Hall–Kier alpha value is -1.62. The minimum atomic E-state index is 0.0724. The lowest BCUT2D eigenvalue weighted by Gasteiger charge is -2.37. The molecule has 5 heteroatoms. The van der Waals surface area contributed by atoms with Crippen LogP contribution in [0.15, 0.2) is 18.3 Å². The van der Waals surface area contributed by atoms with Crippen LogP contribution >= 0.6 is 0 Å². The molecule has 0 atom stereocenters. The van der Waals surface area contributed by atoms with Crippen LogP contribution in [-0.2, 0) is 0 Å². The predicted octanol–water partition coefficient (Wildman–Crippen LogP) is 2.04. The molecule has 1 aromatic heterocycles. The predicted molar refractivity (Wildman–Crippen MR) is 82.6 cm³/mol. The van der Waals surface area contributed by atoms with E-state index in [1.165, 1.54) is 0 Å². The fourth-order valence-corrected chi connectivity index (χ4v) is 2.98. The summed E-state index contributed by atoms with van der Waals surface area (Å²) in [6, 6.07) is 4.12. The van der Waals surface area contributed by atoms with E-state index in [1.54, 1.807) is 25.4 Å². The van der Waals surface area contributed by atoms with Crippen molar-refractivity contribution in [1.29, 1.82) is 0 Å². The fourth-order valence-electron chi connectivity index (χ4n) is 2.98. The van der Waals surface area contributed by atoms with Crippen LogP contribution in [0, 0.1) is 0 Å². The van der Waals surface area contributed by atoms with Crippen molar-refractivity contribution in [2.45, 2.75) is 32.7 Å². The van der Waals surface area contributed by atoms with Crippen molar-refractivity contribution in [3.8, 4) is 5.88 Å². The highest BCUT2D eigenvalue weighted by molar-refractivity contribution is 5.94. The Morgan fingerprint density at radius 2 is 2.00 bits per heavy atom. The van der Waals surface area contributed by atoms with E-state index in [-0.39, 0.29) is 5.91 Å². The van der Waals surface area contributed by atoms with E-state index in [0.717, 1.165) is 39.0 Å². The number of pyridine rings is 1. The number of likely N-dealkylation sites (tertiary alicyclic amines) is 1. The summed E-state index contributed by atoms with van der Waals surface area (Å²) in [5.74, 6) is 0.606. The maximum atomic E-state index is 12.4. The van der Waals surface area contributed by atoms with Crippen LogP contribution in [0.2, 0.25) is 0 Å². The second-order valence-electron chi connectivity index (χ2n) is 5.33. The van der Waals surface area contributed by atoms with Gasteiger partial charge in [0.15, 0.2) is 0 Å². The van der Waals surface area contributed by atoms with Gasteiger partial charge in [0.25, 0.3) is 5.91 Å². The molecule has 2 rings (SSSR count). The second kappa shape index (κ2) is 7.41. The first-order chi connectivity index (χ1) is 10.2. The van der Waals surface area contributed by atoms with Gasteiger partial charge in [-0.1, -0.05) is 13.8 Å². The molecule has 1 fully saturated rings. The summed E-state index contributed by atoms with van der Waals surface area (Å²) >= 11 is 0. The van der Waals surface area contributed by atoms with Gasteiger partial charge in [-0.3, -0.25) is 4.79 Å². The summed E-state index contributed by atoms with van der Waals surface area (Å²) in [5.41, 5.74) is 0.636. The van der Waals surface area contributed by atoms with Gasteiger partial charge in [0, 0.05) is 31.4 Å². The number of aromatic nitrogens is 1. The van der Waals surface area contributed by atoms with Crippen molar-refractivity contribution >= 4 is 5.91 Å². The summed E-state index contributed by atoms with van der Waals surface area (Å²) in [6.45, 7) is 8.21. The number of carbonyl (C=O) groups is 1. The Balaban J connectivity index is 1.93. The van der Waals surface area contributed by atoms with E-state index >= 15 is 0 Å². The monoisotopic (exact) mass is 291 g/mol. The quantitative estimate of drug-likeness (QED) is 0.833. The normalized spacial score (nSPS) is 16.3. The Bertz CT molecular complexity index is 449. The number of rotatable bonds is 5. The molecule has 116 valence electrons. The topological polar surface area (TPSA) is 45.7 Å². The zero-order valence-electron chi connectivity index (χ0n) is 13.2. The molecule has 0 unspecified atom stereocenters. The summed E-state index contributed by atoms with van der Waals surface area (Å²) in [7, 11) is 1.57. The highest BCUT2D eigenvalue weighted by Crippen LogP contribution is 2.18. The molecule has 0 N–H and O–H groups in total. The highest BCUT2D eigenvalue weighted by atomic mass is 16.5. The molecule has 0 saturated carbocycles. The maximum absolute atomic E-state index is 12.4. The molecule has 0 bridgehead atoms. The lowest BCUT2D eigenvalue weighted by atomic mass is 10.0. The molecule has 1 aliphatic rings. The average molecular weight is 291 g/mol. The van der Waals surface area contributed by atoms with Crippen molar-refractivity contribution < 1.29 is 9.53 Å². The van der Waals surface area contributed by atoms with Crippen molar-refractivity contribution in [2.24, 2.45) is 0 Å². The lowest BCUT2D eigenvalue weighted by Crippen LogP contribution is -2.46. The van der Waals surface area contributed by atoms with Crippen LogP contribution in [0.4, 0.5) is 0 Å². The number of ether oxygens (including phenoxy) is 1. The summed E-state index contributed by atoms with van der Waals surface area (Å²) in [6.07, 6.45) is 3.70. The van der Waals surface area contributed by atoms with Crippen molar-refractivity contribution in [3.05, 3.63) is 23.9 Å². The minimum Gasteiger partial charge on any atom is -0.481 e. The van der Waals surface area contributed by atoms with Crippen molar-refractivity contribution in [1.82, 2.24) is 14.8 Å². The number of piperidine rings is 1. The van der Waals surface area contributed by atoms with Crippen LogP contribution in [0.3, 0.4) is 0 Å². The number of methoxy groups -OCH3 is 1. The lowest BCUT2D eigenvalue weighted by molar-refractivity contribution is 0.0631. The van der Waals surface area contributed by atoms with Gasteiger partial charge in [0.05, 0.1) is 12.7 Å². The second-order valence-corrected chi connectivity index (χ2v) is 5.33. The molecule has 5 nitrogen and oxygen atoms in total. The summed E-state index contributed by atoms with van der Waals surface area (Å²) in [4.78, 5) is 21.0. The largest absolute Gasteiger partial charge is 0.481 e. The van der Waals surface area contributed by atoms with Gasteiger partial charge in [-0.15, -0.1) is 0 Å². The van der Waals surface area contributed by atoms with Gasteiger partial charge in [-0.2, -0.15) is 0 Å². The molecule has 0 aromatic carbocycles. The van der Waals surface area contributed by atoms with Gasteiger partial charge in [0.2, 0.25) is 5.88 Å². The van der Waals surface area contributed by atoms with E-state index in [1.807, 2.05) is 4.90 Å². The first-order valence-corrected chi connectivity index (χ1v) is 7.73. The molecule has 0 radical (unpaired) electrons. The van der Waals surface area contributed by atoms with Gasteiger partial charge in [-0.25, -0.2) is 4.98 Å². The molecular weight excluding hydrogens is 266 g/mol. The van der Waals surface area contributed by atoms with E-state index in [9.17, 15) is 4.79 Å². The van der Waals surface area contributed by atoms with E-state index in [0.29, 0.717) is 17.5 Å². The van der Waals surface area contributed by atoms with Crippen LogP contribution in [-0.4, -0.2) is 60.0 Å². The Labute approximate surface area is 126 Å². The first-order valence-electron chi connectivity index (χ1n) is 7.73. The van der Waals surface area contributed by atoms with Crippen molar-refractivity contribution in [2.75, 3.05) is 33.3 Å². The van der Waals surface area contributed by atoms with E-state index in [2.05, 4.69) is 23.7 Å². The summed E-state index contributed by atoms with van der Waals surface area (Å²) < 4.78 is 5.02. The summed E-state index contributed by atoms with van der Waals surface area (Å²) in [5, 5.41) is 0. The van der Waals surface area contributed by atoms with Gasteiger partial charge >= 0.3 is 0 Å². The SMILES string of the molecule is CCN(CC)C1CCN(C(=O)c2ccc(OC)nc2)CC1. The van der Waals surface area contributed by atoms with Crippen LogP contribution in [0.25, 0.3) is 0 Å². The molecule has 1 saturated heterocycles. The molecule has 0 aliphatic carbocycles. The van der Waals surface area contributed by atoms with Crippen LogP contribution in [0.1, 0.15) is 37.0 Å². The van der Waals surface area contributed by atoms with Gasteiger partial charge in [-0.05, 0) is 32.0 Å². The third-order valence-corrected chi connectivity index (χ3v) is 4.27. The first kappa shape index (κ1) is 15.8. The number of nitrogens with zero attached hydrogens (tertiary/aromatic N) is 3. The van der Waals surface area contributed by atoms with Crippen LogP contribution in [0.5, 0.6) is 5.88 Å². The standard InChI is InChI=1S/C16H25N3O2/c1-4-18(5-2)14-8-10-19(11-9-14)16(20)13-6-7-15(21-3)17-12-13/h6-7,12,14H,4-5,8-11H2,1-3H3. The Morgan fingerprint density at radius 1 is 1.33 bits per heavy atom. The maximum Gasteiger partial charge on any atom is 0.255 e. The molecule has 1 amide bonds. The number of carbonyl (C=O) groups excluding carboxylic acids is 1. The zero-order valence-corrected chi connectivity index (χ0v) is 13.2. The molecule has 2 heterocycles. The number of hydrogen-bond donors (Lipinski definition) is 0. The molecule has 0 spiro atoms. The average Bonchev–Trinajstić information content (AvgIpc) is 2.56.